The fraction of sp³-hybridized carbons (Fsp3) is 0. The number of rotatable bonds is 0. The fourth-order valence-corrected chi connectivity index (χ4v) is 3.25. The van der Waals surface area contributed by atoms with Crippen molar-refractivity contribution >= 4 is 43.7 Å². The lowest BCUT2D eigenvalue weighted by Crippen LogP contribution is -1.93. The predicted molar refractivity (Wildman–Crippen MR) is 112 cm³/mol. The molecule has 3 heterocycles. The number of furan rings is 1. The summed E-state index contributed by atoms with van der Waals surface area (Å²) in [6.07, 6.45) is 1.61. The Labute approximate surface area is 159 Å². The summed E-state index contributed by atoms with van der Waals surface area (Å²) < 4.78 is 10.2. The van der Waals surface area contributed by atoms with Gasteiger partial charge in [0.05, 0.1) is 17.3 Å². The summed E-state index contributed by atoms with van der Waals surface area (Å²) in [4.78, 5) is 15.5. The van der Waals surface area contributed by atoms with Crippen molar-refractivity contribution in [2.45, 2.75) is 0 Å². The Balaban J connectivity index is 0.000000122. The first-order valence-electron chi connectivity index (χ1n) is 8.92. The largest absolute Gasteiger partial charge is 0.464 e. The quantitative estimate of drug-likeness (QED) is 0.247. The topological polar surface area (TPSA) is 56.2 Å². The molecule has 3 aromatic heterocycles. The highest BCUT2D eigenvalue weighted by Gasteiger charge is 2.02. The van der Waals surface area contributed by atoms with Crippen molar-refractivity contribution in [1.29, 1.82) is 0 Å². The SMILES string of the molecule is O=c1ccc2cc3ccoc3cc2o1.c1ccc2nc3ccccc3cc2c1. The molecule has 0 aliphatic heterocycles. The molecule has 0 N–H and O–H groups in total. The van der Waals surface area contributed by atoms with Crippen LogP contribution in [0.1, 0.15) is 0 Å². The number of hydrogen-bond acceptors (Lipinski definition) is 4. The fourth-order valence-electron chi connectivity index (χ4n) is 3.25. The molecule has 0 aliphatic rings. The van der Waals surface area contributed by atoms with Gasteiger partial charge in [0, 0.05) is 33.7 Å². The number of para-hydroxylation sites is 2. The second-order valence-electron chi connectivity index (χ2n) is 6.48. The Kier molecular flexibility index (Phi) is 3.87. The summed E-state index contributed by atoms with van der Waals surface area (Å²) in [5, 5.41) is 4.31. The Morgan fingerprint density at radius 1 is 0.607 bits per heavy atom. The van der Waals surface area contributed by atoms with Gasteiger partial charge in [0.25, 0.3) is 0 Å². The molecule has 4 nitrogen and oxygen atoms in total. The van der Waals surface area contributed by atoms with Crippen molar-refractivity contribution in [2.75, 3.05) is 0 Å². The maximum absolute atomic E-state index is 11.0. The molecule has 0 bridgehead atoms. The number of benzene rings is 3. The van der Waals surface area contributed by atoms with Crippen LogP contribution in [0.3, 0.4) is 0 Å². The lowest BCUT2D eigenvalue weighted by molar-refractivity contribution is 0.559. The lowest BCUT2D eigenvalue weighted by atomic mass is 10.1. The van der Waals surface area contributed by atoms with Gasteiger partial charge in [-0.3, -0.25) is 0 Å². The first-order chi connectivity index (χ1) is 13.8. The second-order valence-corrected chi connectivity index (χ2v) is 6.48. The predicted octanol–water partition coefficient (Wildman–Crippen LogP) is 5.93. The van der Waals surface area contributed by atoms with Crippen LogP contribution in [0.15, 0.2) is 105 Å². The van der Waals surface area contributed by atoms with Crippen LogP contribution in [-0.4, -0.2) is 4.98 Å². The van der Waals surface area contributed by atoms with Gasteiger partial charge in [-0.05, 0) is 36.4 Å². The van der Waals surface area contributed by atoms with E-state index in [1.54, 1.807) is 18.4 Å². The molecule has 0 radical (unpaired) electrons. The third-order valence-corrected chi connectivity index (χ3v) is 4.62. The minimum absolute atomic E-state index is 0.344. The molecule has 3 aromatic carbocycles. The summed E-state index contributed by atoms with van der Waals surface area (Å²) in [5.74, 6) is 0. The van der Waals surface area contributed by atoms with Crippen molar-refractivity contribution < 1.29 is 8.83 Å². The Morgan fingerprint density at radius 3 is 2.00 bits per heavy atom. The molecule has 0 aliphatic carbocycles. The van der Waals surface area contributed by atoms with E-state index in [0.717, 1.165) is 27.4 Å². The van der Waals surface area contributed by atoms with Crippen molar-refractivity contribution in [2.24, 2.45) is 0 Å². The molecule has 6 rings (SSSR count). The zero-order chi connectivity index (χ0) is 18.9. The Morgan fingerprint density at radius 2 is 1.25 bits per heavy atom. The third-order valence-electron chi connectivity index (χ3n) is 4.62. The van der Waals surface area contributed by atoms with Crippen LogP contribution in [0, 0.1) is 0 Å². The highest BCUT2D eigenvalue weighted by Crippen LogP contribution is 2.22. The average molecular weight is 365 g/mol. The average Bonchev–Trinajstić information content (AvgIpc) is 3.18. The van der Waals surface area contributed by atoms with Gasteiger partial charge >= 0.3 is 5.63 Å². The van der Waals surface area contributed by atoms with E-state index in [4.69, 9.17) is 8.83 Å². The molecule has 0 saturated heterocycles. The van der Waals surface area contributed by atoms with Gasteiger partial charge in [0.1, 0.15) is 11.2 Å². The summed E-state index contributed by atoms with van der Waals surface area (Å²) in [7, 11) is 0. The summed E-state index contributed by atoms with van der Waals surface area (Å²) in [6, 6.07) is 27.3. The van der Waals surface area contributed by atoms with Crippen molar-refractivity contribution in [3.63, 3.8) is 0 Å². The van der Waals surface area contributed by atoms with E-state index in [2.05, 4.69) is 23.2 Å². The van der Waals surface area contributed by atoms with Gasteiger partial charge in [0.15, 0.2) is 0 Å². The van der Waals surface area contributed by atoms with Crippen molar-refractivity contribution in [3.8, 4) is 0 Å². The number of aromatic nitrogens is 1. The van der Waals surface area contributed by atoms with Crippen molar-refractivity contribution in [3.05, 3.63) is 102 Å². The molecule has 0 unspecified atom stereocenters. The second kappa shape index (κ2) is 6.67. The van der Waals surface area contributed by atoms with E-state index in [0.29, 0.717) is 5.58 Å². The van der Waals surface area contributed by atoms with E-state index < -0.39 is 0 Å². The molecule has 28 heavy (non-hydrogen) atoms. The summed E-state index contributed by atoms with van der Waals surface area (Å²) >= 11 is 0. The Hall–Kier alpha value is -3.92. The van der Waals surface area contributed by atoms with Gasteiger partial charge in [-0.2, -0.15) is 0 Å². The molecular weight excluding hydrogens is 350 g/mol. The monoisotopic (exact) mass is 365 g/mol. The summed E-state index contributed by atoms with van der Waals surface area (Å²) in [5.41, 5.74) is 3.06. The maximum atomic E-state index is 11.0. The van der Waals surface area contributed by atoms with E-state index in [1.807, 2.05) is 48.5 Å². The minimum Gasteiger partial charge on any atom is -0.464 e. The highest BCUT2D eigenvalue weighted by molar-refractivity contribution is 5.93. The first-order valence-corrected chi connectivity index (χ1v) is 8.92. The van der Waals surface area contributed by atoms with Crippen LogP contribution in [0.4, 0.5) is 0 Å². The highest BCUT2D eigenvalue weighted by atomic mass is 16.4. The van der Waals surface area contributed by atoms with Gasteiger partial charge in [-0.1, -0.05) is 36.4 Å². The van der Waals surface area contributed by atoms with Crippen LogP contribution in [0.5, 0.6) is 0 Å². The molecule has 0 amide bonds. The molecule has 0 spiro atoms. The first kappa shape index (κ1) is 16.3. The van der Waals surface area contributed by atoms with Gasteiger partial charge in [-0.15, -0.1) is 0 Å². The summed E-state index contributed by atoms with van der Waals surface area (Å²) in [6.45, 7) is 0. The van der Waals surface area contributed by atoms with Gasteiger partial charge in [0.2, 0.25) is 0 Å². The number of fused-ring (bicyclic) bond motifs is 4. The zero-order valence-electron chi connectivity index (χ0n) is 14.8. The lowest BCUT2D eigenvalue weighted by Gasteiger charge is -1.99. The van der Waals surface area contributed by atoms with Crippen LogP contribution in [0.2, 0.25) is 0 Å². The number of nitrogens with zero attached hydrogens (tertiary/aromatic N) is 1. The number of pyridine rings is 1. The molecule has 0 fully saturated rings. The van der Waals surface area contributed by atoms with Crippen LogP contribution in [-0.2, 0) is 0 Å². The molecule has 0 atom stereocenters. The Bertz CT molecular complexity index is 1390. The molecule has 6 aromatic rings. The van der Waals surface area contributed by atoms with Gasteiger partial charge in [-0.25, -0.2) is 9.78 Å². The van der Waals surface area contributed by atoms with E-state index >= 15 is 0 Å². The van der Waals surface area contributed by atoms with E-state index in [9.17, 15) is 4.79 Å². The van der Waals surface area contributed by atoms with Gasteiger partial charge < -0.3 is 8.83 Å². The number of hydrogen-bond donors (Lipinski definition) is 0. The van der Waals surface area contributed by atoms with Crippen LogP contribution in [0.25, 0.3) is 43.7 Å². The van der Waals surface area contributed by atoms with Crippen LogP contribution >= 0.6 is 0 Å². The smallest absolute Gasteiger partial charge is 0.336 e. The van der Waals surface area contributed by atoms with Crippen LogP contribution < -0.4 is 5.63 Å². The normalized spacial score (nSPS) is 11.0. The van der Waals surface area contributed by atoms with Crippen molar-refractivity contribution in [1.82, 2.24) is 4.98 Å². The van der Waals surface area contributed by atoms with E-state index in [-0.39, 0.29) is 5.63 Å². The van der Waals surface area contributed by atoms with E-state index in [1.165, 1.54) is 16.8 Å². The third kappa shape index (κ3) is 3.01. The minimum atomic E-state index is -0.344. The zero-order valence-corrected chi connectivity index (χ0v) is 14.8. The standard InChI is InChI=1S/C13H9N.C11H6O3/c1-3-7-12-10(5-1)9-11-6-2-4-8-13(11)14-12;12-11-2-1-7-5-8-3-4-13-9(8)6-10(7)14-11/h1-9H;1-6H. The molecular formula is C24H15NO3. The molecule has 0 saturated carbocycles. The maximum Gasteiger partial charge on any atom is 0.336 e. The molecule has 134 valence electrons. The molecule has 4 heteroatoms.